The summed E-state index contributed by atoms with van der Waals surface area (Å²) in [6.45, 7) is 4.73. The maximum atomic E-state index is 2.49. The zero-order chi connectivity index (χ0) is 32.7. The lowest BCUT2D eigenvalue weighted by molar-refractivity contribution is 0.660. The van der Waals surface area contributed by atoms with Gasteiger partial charge in [0.15, 0.2) is 0 Å². The van der Waals surface area contributed by atoms with Crippen LogP contribution in [0.5, 0.6) is 0 Å². The van der Waals surface area contributed by atoms with Crippen LogP contribution in [0.25, 0.3) is 64.0 Å². The third-order valence-electron chi connectivity index (χ3n) is 10.6. The molecule has 1 aromatic heterocycles. The molecule has 0 aliphatic heterocycles. The molecule has 0 unspecified atom stereocenters. The average Bonchev–Trinajstić information content (AvgIpc) is 3.65. The van der Waals surface area contributed by atoms with Crippen molar-refractivity contribution in [2.75, 3.05) is 4.90 Å². The summed E-state index contributed by atoms with van der Waals surface area (Å²) in [4.78, 5) is 2.49. The molecule has 49 heavy (non-hydrogen) atoms. The number of thiophene rings is 1. The van der Waals surface area contributed by atoms with Gasteiger partial charge in [-0.2, -0.15) is 0 Å². The van der Waals surface area contributed by atoms with Crippen molar-refractivity contribution in [2.24, 2.45) is 0 Å². The van der Waals surface area contributed by atoms with Gasteiger partial charge in [-0.05, 0) is 79.9 Å². The summed E-state index contributed by atoms with van der Waals surface area (Å²) in [5, 5.41) is 7.83. The van der Waals surface area contributed by atoms with E-state index in [0.717, 1.165) is 5.69 Å². The molecular weight excluding hydrogens is 611 g/mol. The number of benzene rings is 8. The quantitative estimate of drug-likeness (QED) is 0.173. The summed E-state index contributed by atoms with van der Waals surface area (Å²) in [7, 11) is 0. The van der Waals surface area contributed by atoms with E-state index in [0.29, 0.717) is 0 Å². The Morgan fingerprint density at radius 2 is 1.12 bits per heavy atom. The van der Waals surface area contributed by atoms with Gasteiger partial charge in [0.1, 0.15) is 0 Å². The van der Waals surface area contributed by atoms with Crippen LogP contribution in [-0.2, 0) is 5.41 Å². The fourth-order valence-corrected chi connectivity index (χ4v) is 9.59. The van der Waals surface area contributed by atoms with Crippen LogP contribution in [-0.4, -0.2) is 0 Å². The van der Waals surface area contributed by atoms with Gasteiger partial charge in [-0.1, -0.05) is 147 Å². The highest BCUT2D eigenvalue weighted by Crippen LogP contribution is 2.52. The molecule has 0 bridgehead atoms. The molecule has 1 nitrogen and oxygen atoms in total. The summed E-state index contributed by atoms with van der Waals surface area (Å²) in [6, 6.07) is 60.5. The third kappa shape index (κ3) is 4.24. The minimum atomic E-state index is -0.0942. The van der Waals surface area contributed by atoms with Crippen LogP contribution < -0.4 is 4.90 Å². The lowest BCUT2D eigenvalue weighted by Crippen LogP contribution is -2.16. The Bertz CT molecular complexity index is 2750. The van der Waals surface area contributed by atoms with E-state index in [1.165, 1.54) is 86.5 Å². The van der Waals surface area contributed by atoms with Gasteiger partial charge >= 0.3 is 0 Å². The van der Waals surface area contributed by atoms with Gasteiger partial charge in [0.2, 0.25) is 0 Å². The molecule has 0 amide bonds. The number of fused-ring (bicyclic) bond motifs is 10. The molecule has 1 heterocycles. The van der Waals surface area contributed by atoms with Crippen molar-refractivity contribution in [1.82, 2.24) is 0 Å². The molecule has 0 saturated carbocycles. The van der Waals surface area contributed by atoms with Gasteiger partial charge in [-0.15, -0.1) is 11.3 Å². The standard InChI is InChI=1S/C47H33NS/c1-47(2)41-20-9-8-18-37(41)38-27-25-35(29-42(38)47)48(34-16-10-15-33(28-34)30-12-4-3-5-13-30)43-21-11-19-39-40-26-24-32-23-22-31-14-6-7-17-36(31)44(32)46(40)49-45(39)43/h3-29H,1-2H3. The Hall–Kier alpha value is -5.70. The van der Waals surface area contributed by atoms with Gasteiger partial charge in [-0.25, -0.2) is 0 Å². The highest BCUT2D eigenvalue weighted by Gasteiger charge is 2.36. The number of rotatable bonds is 4. The second-order valence-electron chi connectivity index (χ2n) is 13.7. The van der Waals surface area contributed by atoms with Gasteiger partial charge in [0, 0.05) is 37.6 Å². The third-order valence-corrected chi connectivity index (χ3v) is 11.9. The predicted octanol–water partition coefficient (Wildman–Crippen LogP) is 13.8. The van der Waals surface area contributed by atoms with E-state index in [9.17, 15) is 0 Å². The number of anilines is 3. The Kier molecular flexibility index (Phi) is 6.16. The van der Waals surface area contributed by atoms with Crippen LogP contribution in [0.4, 0.5) is 17.1 Å². The fraction of sp³-hybridized carbons (Fsp3) is 0.0638. The molecule has 8 aromatic carbocycles. The lowest BCUT2D eigenvalue weighted by Gasteiger charge is -2.29. The van der Waals surface area contributed by atoms with Gasteiger partial charge in [0.25, 0.3) is 0 Å². The van der Waals surface area contributed by atoms with Crippen LogP contribution in [0.1, 0.15) is 25.0 Å². The monoisotopic (exact) mass is 643 g/mol. The first kappa shape index (κ1) is 28.3. The molecule has 0 fully saturated rings. The van der Waals surface area contributed by atoms with E-state index in [4.69, 9.17) is 0 Å². The fourth-order valence-electron chi connectivity index (χ4n) is 8.22. The molecule has 1 aliphatic rings. The van der Waals surface area contributed by atoms with E-state index in [2.05, 4.69) is 183 Å². The minimum absolute atomic E-state index is 0.0942. The molecule has 0 radical (unpaired) electrons. The van der Waals surface area contributed by atoms with Gasteiger partial charge in [0.05, 0.1) is 10.4 Å². The molecule has 2 heteroatoms. The molecular formula is C47H33NS. The zero-order valence-electron chi connectivity index (χ0n) is 27.4. The Morgan fingerprint density at radius 3 is 2.04 bits per heavy atom. The SMILES string of the molecule is CC1(C)c2ccccc2-c2ccc(N(c3cccc(-c4ccccc4)c3)c3cccc4c3sc3c4ccc4ccc5ccccc5c43)cc21. The molecule has 1 aliphatic carbocycles. The smallest absolute Gasteiger partial charge is 0.0640 e. The molecule has 0 N–H and O–H groups in total. The maximum Gasteiger partial charge on any atom is 0.0640 e. The summed E-state index contributed by atoms with van der Waals surface area (Å²) in [5.41, 5.74) is 11.3. The molecule has 0 atom stereocenters. The lowest BCUT2D eigenvalue weighted by atomic mass is 9.82. The average molecular weight is 644 g/mol. The molecule has 9 aromatic rings. The van der Waals surface area contributed by atoms with Crippen molar-refractivity contribution in [3.05, 3.63) is 175 Å². The normalized spacial score (nSPS) is 13.3. The van der Waals surface area contributed by atoms with Crippen LogP contribution in [0.2, 0.25) is 0 Å². The summed E-state index contributed by atoms with van der Waals surface area (Å²) in [5.74, 6) is 0. The van der Waals surface area contributed by atoms with Crippen molar-refractivity contribution in [2.45, 2.75) is 19.3 Å². The number of hydrogen-bond donors (Lipinski definition) is 0. The van der Waals surface area contributed by atoms with E-state index in [-0.39, 0.29) is 5.41 Å². The summed E-state index contributed by atoms with van der Waals surface area (Å²) in [6.07, 6.45) is 0. The van der Waals surface area contributed by atoms with Crippen molar-refractivity contribution in [3.63, 3.8) is 0 Å². The van der Waals surface area contributed by atoms with Crippen LogP contribution >= 0.6 is 11.3 Å². The highest BCUT2D eigenvalue weighted by molar-refractivity contribution is 7.27. The number of nitrogens with zero attached hydrogens (tertiary/aromatic N) is 1. The highest BCUT2D eigenvalue weighted by atomic mass is 32.1. The van der Waals surface area contributed by atoms with E-state index < -0.39 is 0 Å². The largest absolute Gasteiger partial charge is 0.309 e. The maximum absolute atomic E-state index is 2.49. The van der Waals surface area contributed by atoms with Gasteiger partial charge in [-0.3, -0.25) is 0 Å². The van der Waals surface area contributed by atoms with E-state index in [1.807, 2.05) is 11.3 Å². The van der Waals surface area contributed by atoms with Crippen molar-refractivity contribution in [3.8, 4) is 22.3 Å². The van der Waals surface area contributed by atoms with Crippen molar-refractivity contribution < 1.29 is 0 Å². The molecule has 0 spiro atoms. The first-order chi connectivity index (χ1) is 24.1. The van der Waals surface area contributed by atoms with E-state index in [1.54, 1.807) is 0 Å². The van der Waals surface area contributed by atoms with Crippen molar-refractivity contribution >= 4 is 70.1 Å². The van der Waals surface area contributed by atoms with E-state index >= 15 is 0 Å². The number of hydrogen-bond acceptors (Lipinski definition) is 2. The van der Waals surface area contributed by atoms with Gasteiger partial charge < -0.3 is 4.90 Å². The zero-order valence-corrected chi connectivity index (χ0v) is 28.3. The topological polar surface area (TPSA) is 3.24 Å². The first-order valence-electron chi connectivity index (χ1n) is 17.0. The molecule has 10 rings (SSSR count). The Morgan fingerprint density at radius 1 is 0.449 bits per heavy atom. The summed E-state index contributed by atoms with van der Waals surface area (Å²) >= 11 is 1.92. The summed E-state index contributed by atoms with van der Waals surface area (Å²) < 4.78 is 2.64. The first-order valence-corrected chi connectivity index (χ1v) is 17.8. The second-order valence-corrected chi connectivity index (χ2v) is 14.8. The van der Waals surface area contributed by atoms with Crippen LogP contribution in [0.15, 0.2) is 164 Å². The van der Waals surface area contributed by atoms with Crippen molar-refractivity contribution in [1.29, 1.82) is 0 Å². The second kappa shape index (κ2) is 10.7. The van der Waals surface area contributed by atoms with Crippen LogP contribution in [0, 0.1) is 0 Å². The molecule has 0 saturated heterocycles. The predicted molar refractivity (Wildman–Crippen MR) is 212 cm³/mol. The van der Waals surface area contributed by atoms with Crippen LogP contribution in [0.3, 0.4) is 0 Å². The minimum Gasteiger partial charge on any atom is -0.309 e. The Labute approximate surface area is 290 Å². The molecule has 232 valence electrons. The Balaban J connectivity index is 1.25.